The summed E-state index contributed by atoms with van der Waals surface area (Å²) in [6.07, 6.45) is 2.56. The summed E-state index contributed by atoms with van der Waals surface area (Å²) in [7, 11) is 1.78. The van der Waals surface area contributed by atoms with Gasteiger partial charge in [-0.2, -0.15) is 0 Å². The van der Waals surface area contributed by atoms with E-state index in [1.54, 1.807) is 7.11 Å². The lowest BCUT2D eigenvalue weighted by Gasteiger charge is -2.14. The van der Waals surface area contributed by atoms with Gasteiger partial charge in [0.25, 0.3) is 0 Å². The zero-order valence-corrected chi connectivity index (χ0v) is 9.87. The van der Waals surface area contributed by atoms with Crippen LogP contribution in [0.4, 0.5) is 0 Å². The monoisotopic (exact) mass is 288 g/mol. The van der Waals surface area contributed by atoms with E-state index in [0.717, 1.165) is 6.61 Å². The fourth-order valence-corrected chi connectivity index (χ4v) is 2.11. The van der Waals surface area contributed by atoms with Gasteiger partial charge in [0.15, 0.2) is 0 Å². The number of rotatable bonds is 3. The van der Waals surface area contributed by atoms with Crippen molar-refractivity contribution in [1.82, 2.24) is 0 Å². The molecule has 70 valence electrons. The predicted molar refractivity (Wildman–Crippen MR) is 61.9 cm³/mol. The zero-order chi connectivity index (χ0) is 9.31. The SMILES string of the molecule is COCC1(c2ccc(I)cc2)CC1. The Bertz CT molecular complexity index is 287. The fourth-order valence-electron chi connectivity index (χ4n) is 1.75. The lowest BCUT2D eigenvalue weighted by Crippen LogP contribution is -2.13. The van der Waals surface area contributed by atoms with Crippen molar-refractivity contribution < 1.29 is 4.74 Å². The van der Waals surface area contributed by atoms with Gasteiger partial charge in [0.05, 0.1) is 6.61 Å². The number of methoxy groups -OCH3 is 1. The average Bonchev–Trinajstić information content (AvgIpc) is 2.87. The number of hydrogen-bond donors (Lipinski definition) is 0. The molecule has 1 aromatic carbocycles. The Labute approximate surface area is 92.6 Å². The van der Waals surface area contributed by atoms with Crippen LogP contribution in [0.1, 0.15) is 18.4 Å². The topological polar surface area (TPSA) is 9.23 Å². The van der Waals surface area contributed by atoms with Crippen molar-refractivity contribution in [3.63, 3.8) is 0 Å². The van der Waals surface area contributed by atoms with Crippen LogP contribution in [0, 0.1) is 3.57 Å². The van der Waals surface area contributed by atoms with E-state index in [9.17, 15) is 0 Å². The smallest absolute Gasteiger partial charge is 0.0559 e. The standard InChI is InChI=1S/C11H13IO/c1-13-8-11(6-7-11)9-2-4-10(12)5-3-9/h2-5H,6-8H2,1H3. The summed E-state index contributed by atoms with van der Waals surface area (Å²) in [6.45, 7) is 0.869. The van der Waals surface area contributed by atoms with Crippen molar-refractivity contribution in [2.75, 3.05) is 13.7 Å². The summed E-state index contributed by atoms with van der Waals surface area (Å²) in [6, 6.07) is 8.80. The van der Waals surface area contributed by atoms with Gasteiger partial charge in [-0.3, -0.25) is 0 Å². The van der Waals surface area contributed by atoms with Gasteiger partial charge in [-0.15, -0.1) is 0 Å². The fraction of sp³-hybridized carbons (Fsp3) is 0.455. The van der Waals surface area contributed by atoms with Gasteiger partial charge in [-0.25, -0.2) is 0 Å². The molecule has 1 saturated carbocycles. The normalized spacial score (nSPS) is 18.6. The molecule has 1 aliphatic carbocycles. The van der Waals surface area contributed by atoms with Crippen LogP contribution in [0.25, 0.3) is 0 Å². The number of benzene rings is 1. The average molecular weight is 288 g/mol. The Kier molecular flexibility index (Phi) is 2.60. The van der Waals surface area contributed by atoms with Crippen molar-refractivity contribution in [1.29, 1.82) is 0 Å². The molecule has 1 fully saturated rings. The van der Waals surface area contributed by atoms with Gasteiger partial charge in [0.2, 0.25) is 0 Å². The van der Waals surface area contributed by atoms with E-state index in [0.29, 0.717) is 5.41 Å². The Morgan fingerprint density at radius 1 is 1.31 bits per heavy atom. The first-order chi connectivity index (χ1) is 6.27. The molecule has 0 aromatic heterocycles. The molecule has 0 atom stereocenters. The van der Waals surface area contributed by atoms with Crippen molar-refractivity contribution in [2.24, 2.45) is 0 Å². The van der Waals surface area contributed by atoms with E-state index >= 15 is 0 Å². The van der Waals surface area contributed by atoms with Crippen molar-refractivity contribution in [3.8, 4) is 0 Å². The van der Waals surface area contributed by atoms with E-state index in [-0.39, 0.29) is 0 Å². The van der Waals surface area contributed by atoms with Crippen LogP contribution < -0.4 is 0 Å². The lowest BCUT2D eigenvalue weighted by atomic mass is 9.97. The highest BCUT2D eigenvalue weighted by molar-refractivity contribution is 14.1. The summed E-state index contributed by atoms with van der Waals surface area (Å²) in [4.78, 5) is 0. The van der Waals surface area contributed by atoms with Crippen molar-refractivity contribution in [3.05, 3.63) is 33.4 Å². The third-order valence-corrected chi connectivity index (χ3v) is 3.45. The molecule has 2 heteroatoms. The molecule has 0 radical (unpaired) electrons. The van der Waals surface area contributed by atoms with Gasteiger partial charge in [0, 0.05) is 16.1 Å². The maximum Gasteiger partial charge on any atom is 0.0559 e. The molecule has 0 unspecified atom stereocenters. The molecule has 0 aliphatic heterocycles. The van der Waals surface area contributed by atoms with E-state index < -0.39 is 0 Å². The molecule has 0 saturated heterocycles. The number of halogens is 1. The van der Waals surface area contributed by atoms with Gasteiger partial charge in [0.1, 0.15) is 0 Å². The van der Waals surface area contributed by atoms with Crippen LogP contribution in [-0.2, 0) is 10.2 Å². The van der Waals surface area contributed by atoms with E-state index in [1.165, 1.54) is 22.0 Å². The molecule has 0 N–H and O–H groups in total. The highest BCUT2D eigenvalue weighted by Crippen LogP contribution is 2.48. The first-order valence-corrected chi connectivity index (χ1v) is 5.60. The molecule has 0 heterocycles. The Morgan fingerprint density at radius 3 is 2.38 bits per heavy atom. The molecule has 2 rings (SSSR count). The molecule has 0 bridgehead atoms. The second-order valence-corrected chi connectivity index (χ2v) is 4.97. The van der Waals surface area contributed by atoms with Crippen LogP contribution in [0.5, 0.6) is 0 Å². The van der Waals surface area contributed by atoms with Crippen molar-refractivity contribution >= 4 is 22.6 Å². The number of ether oxygens (including phenoxy) is 1. The second kappa shape index (κ2) is 3.58. The van der Waals surface area contributed by atoms with Gasteiger partial charge >= 0.3 is 0 Å². The molecular weight excluding hydrogens is 275 g/mol. The Balaban J connectivity index is 2.20. The van der Waals surface area contributed by atoms with E-state index in [4.69, 9.17) is 4.74 Å². The molecule has 1 nitrogen and oxygen atoms in total. The van der Waals surface area contributed by atoms with Gasteiger partial charge in [-0.1, -0.05) is 12.1 Å². The molecular formula is C11H13IO. The Hall–Kier alpha value is -0.0900. The van der Waals surface area contributed by atoms with Crippen LogP contribution in [0.15, 0.2) is 24.3 Å². The summed E-state index contributed by atoms with van der Waals surface area (Å²) in [5.41, 5.74) is 1.80. The summed E-state index contributed by atoms with van der Waals surface area (Å²) in [5, 5.41) is 0. The third-order valence-electron chi connectivity index (χ3n) is 2.73. The summed E-state index contributed by atoms with van der Waals surface area (Å²) < 4.78 is 6.55. The Morgan fingerprint density at radius 2 is 1.92 bits per heavy atom. The summed E-state index contributed by atoms with van der Waals surface area (Å²) in [5.74, 6) is 0. The summed E-state index contributed by atoms with van der Waals surface area (Å²) >= 11 is 2.34. The largest absolute Gasteiger partial charge is 0.384 e. The van der Waals surface area contributed by atoms with E-state index in [2.05, 4.69) is 46.9 Å². The minimum atomic E-state index is 0.360. The van der Waals surface area contributed by atoms with E-state index in [1.807, 2.05) is 0 Å². The third kappa shape index (κ3) is 1.89. The van der Waals surface area contributed by atoms with Crippen molar-refractivity contribution in [2.45, 2.75) is 18.3 Å². The maximum absolute atomic E-state index is 5.25. The maximum atomic E-state index is 5.25. The minimum absolute atomic E-state index is 0.360. The molecule has 13 heavy (non-hydrogen) atoms. The van der Waals surface area contributed by atoms with Gasteiger partial charge < -0.3 is 4.74 Å². The number of hydrogen-bond acceptors (Lipinski definition) is 1. The molecule has 1 aromatic rings. The molecule has 1 aliphatic rings. The second-order valence-electron chi connectivity index (χ2n) is 3.72. The lowest BCUT2D eigenvalue weighted by molar-refractivity contribution is 0.171. The first-order valence-electron chi connectivity index (χ1n) is 4.52. The van der Waals surface area contributed by atoms with Crippen LogP contribution in [-0.4, -0.2) is 13.7 Å². The van der Waals surface area contributed by atoms with Crippen LogP contribution >= 0.6 is 22.6 Å². The van der Waals surface area contributed by atoms with Crippen LogP contribution in [0.3, 0.4) is 0 Å². The molecule has 0 amide bonds. The van der Waals surface area contributed by atoms with Crippen LogP contribution in [0.2, 0.25) is 0 Å². The highest BCUT2D eigenvalue weighted by Gasteiger charge is 2.44. The zero-order valence-electron chi connectivity index (χ0n) is 7.72. The predicted octanol–water partition coefficient (Wildman–Crippen LogP) is 2.97. The first kappa shape index (κ1) is 9.46. The highest BCUT2D eigenvalue weighted by atomic mass is 127. The quantitative estimate of drug-likeness (QED) is 0.777. The molecule has 0 spiro atoms. The van der Waals surface area contributed by atoms with Gasteiger partial charge in [-0.05, 0) is 53.1 Å². The minimum Gasteiger partial charge on any atom is -0.384 e.